The molecule has 1 aromatic carbocycles. The van der Waals surface area contributed by atoms with Gasteiger partial charge in [-0.1, -0.05) is 17.7 Å². The molecule has 0 amide bonds. The molecule has 72 valence electrons. The van der Waals surface area contributed by atoms with Crippen molar-refractivity contribution in [3.05, 3.63) is 29.8 Å². The Kier molecular flexibility index (Phi) is 7.35. The van der Waals surface area contributed by atoms with Gasteiger partial charge < -0.3 is 4.79 Å². The van der Waals surface area contributed by atoms with Crippen molar-refractivity contribution in [2.45, 2.75) is 18.7 Å². The third-order valence-electron chi connectivity index (χ3n) is 1.24. The predicted octanol–water partition coefficient (Wildman–Crippen LogP) is 2.43. The summed E-state index contributed by atoms with van der Waals surface area (Å²) in [4.78, 5) is 10.1. The smallest absolute Gasteiger partial charge is 0.116 e. The Morgan fingerprint density at radius 3 is 2.15 bits per heavy atom. The molecular formula is C10H15NOS. The standard InChI is InChI=1S/C8H11NS.C2H4O/c1-7-3-5-8(6-4-7)10-9-2;1-2-3/h3-6,9H,1-2H3;2H,1H3. The van der Waals surface area contributed by atoms with Gasteiger partial charge in [-0.3, -0.25) is 4.72 Å². The summed E-state index contributed by atoms with van der Waals surface area (Å²) in [5.41, 5.74) is 1.31. The third kappa shape index (κ3) is 6.37. The zero-order chi connectivity index (χ0) is 10.1. The van der Waals surface area contributed by atoms with E-state index in [9.17, 15) is 0 Å². The number of hydrogen-bond donors (Lipinski definition) is 1. The van der Waals surface area contributed by atoms with E-state index < -0.39 is 0 Å². The second kappa shape index (κ2) is 7.83. The van der Waals surface area contributed by atoms with Gasteiger partial charge in [-0.05, 0) is 45.0 Å². The van der Waals surface area contributed by atoms with Crippen molar-refractivity contribution >= 4 is 18.2 Å². The van der Waals surface area contributed by atoms with Crippen LogP contribution in [0.25, 0.3) is 0 Å². The first-order valence-corrected chi connectivity index (χ1v) is 4.86. The van der Waals surface area contributed by atoms with Gasteiger partial charge in [0.2, 0.25) is 0 Å². The van der Waals surface area contributed by atoms with Crippen molar-refractivity contribution in [3.63, 3.8) is 0 Å². The van der Waals surface area contributed by atoms with Crippen molar-refractivity contribution in [2.75, 3.05) is 7.05 Å². The summed E-state index contributed by atoms with van der Waals surface area (Å²) >= 11 is 1.63. The van der Waals surface area contributed by atoms with E-state index in [0.717, 1.165) is 6.29 Å². The average Bonchev–Trinajstić information content (AvgIpc) is 2.11. The van der Waals surface area contributed by atoms with Gasteiger partial charge in [-0.2, -0.15) is 0 Å². The first-order valence-electron chi connectivity index (χ1n) is 4.04. The topological polar surface area (TPSA) is 29.1 Å². The van der Waals surface area contributed by atoms with Gasteiger partial charge in [0, 0.05) is 4.90 Å². The van der Waals surface area contributed by atoms with E-state index in [1.54, 1.807) is 11.9 Å². The molecular weight excluding hydrogens is 182 g/mol. The van der Waals surface area contributed by atoms with Crippen LogP contribution in [-0.4, -0.2) is 13.3 Å². The number of aryl methyl sites for hydroxylation is 1. The Hall–Kier alpha value is -0.800. The largest absolute Gasteiger partial charge is 0.304 e. The Bertz CT molecular complexity index is 233. The second-order valence-corrected chi connectivity index (χ2v) is 3.44. The molecule has 0 saturated carbocycles. The number of carbonyl (C=O) groups excluding carboxylic acids is 1. The molecule has 0 unspecified atom stereocenters. The molecule has 13 heavy (non-hydrogen) atoms. The lowest BCUT2D eigenvalue weighted by Gasteiger charge is -1.97. The Morgan fingerprint density at radius 1 is 1.31 bits per heavy atom. The molecule has 0 spiro atoms. The maximum Gasteiger partial charge on any atom is 0.116 e. The zero-order valence-electron chi connectivity index (χ0n) is 8.20. The molecule has 0 aromatic heterocycles. The van der Waals surface area contributed by atoms with Crippen molar-refractivity contribution in [2.24, 2.45) is 0 Å². The molecule has 0 aliphatic carbocycles. The van der Waals surface area contributed by atoms with E-state index in [1.165, 1.54) is 17.4 Å². The van der Waals surface area contributed by atoms with Crippen LogP contribution in [0.15, 0.2) is 29.2 Å². The highest BCUT2D eigenvalue weighted by Gasteiger charge is 1.88. The van der Waals surface area contributed by atoms with Crippen LogP contribution in [0.3, 0.4) is 0 Å². The molecule has 0 fully saturated rings. The first kappa shape index (κ1) is 12.2. The molecule has 0 radical (unpaired) electrons. The zero-order valence-corrected chi connectivity index (χ0v) is 9.02. The van der Waals surface area contributed by atoms with E-state index in [0.29, 0.717) is 0 Å². The minimum Gasteiger partial charge on any atom is -0.304 e. The molecule has 0 aliphatic heterocycles. The fourth-order valence-corrected chi connectivity index (χ4v) is 1.23. The third-order valence-corrected chi connectivity index (χ3v) is 1.95. The van der Waals surface area contributed by atoms with Crippen molar-refractivity contribution in [1.29, 1.82) is 0 Å². The van der Waals surface area contributed by atoms with Crippen LogP contribution < -0.4 is 4.72 Å². The molecule has 0 atom stereocenters. The first-order chi connectivity index (χ1) is 6.24. The number of benzene rings is 1. The highest BCUT2D eigenvalue weighted by atomic mass is 32.2. The molecule has 1 aromatic rings. The van der Waals surface area contributed by atoms with Gasteiger partial charge in [-0.25, -0.2) is 0 Å². The van der Waals surface area contributed by atoms with Crippen LogP contribution in [0.4, 0.5) is 0 Å². The Morgan fingerprint density at radius 2 is 1.77 bits per heavy atom. The fraction of sp³-hybridized carbons (Fsp3) is 0.300. The summed E-state index contributed by atoms with van der Waals surface area (Å²) in [5.74, 6) is 0. The van der Waals surface area contributed by atoms with Crippen LogP contribution in [0, 0.1) is 6.92 Å². The van der Waals surface area contributed by atoms with Crippen LogP contribution in [0.1, 0.15) is 12.5 Å². The van der Waals surface area contributed by atoms with Crippen molar-refractivity contribution in [3.8, 4) is 0 Å². The molecule has 0 bridgehead atoms. The van der Waals surface area contributed by atoms with Crippen LogP contribution in [0.5, 0.6) is 0 Å². The number of rotatable bonds is 2. The van der Waals surface area contributed by atoms with Gasteiger partial charge in [-0.15, -0.1) is 0 Å². The normalized spacial score (nSPS) is 8.54. The molecule has 0 saturated heterocycles. The van der Waals surface area contributed by atoms with E-state index in [1.807, 2.05) is 7.05 Å². The van der Waals surface area contributed by atoms with E-state index in [2.05, 4.69) is 35.9 Å². The summed E-state index contributed by atoms with van der Waals surface area (Å²) in [6.07, 6.45) is 0.750. The molecule has 3 heteroatoms. The molecule has 2 nitrogen and oxygen atoms in total. The van der Waals surface area contributed by atoms with Crippen LogP contribution in [0.2, 0.25) is 0 Å². The maximum absolute atomic E-state index is 8.81. The fourth-order valence-electron chi connectivity index (χ4n) is 0.724. The number of nitrogens with one attached hydrogen (secondary N) is 1. The summed E-state index contributed by atoms with van der Waals surface area (Å²) in [6, 6.07) is 8.44. The highest BCUT2D eigenvalue weighted by molar-refractivity contribution is 7.97. The lowest BCUT2D eigenvalue weighted by Crippen LogP contribution is -1.89. The molecule has 0 heterocycles. The van der Waals surface area contributed by atoms with Crippen LogP contribution in [-0.2, 0) is 4.79 Å². The average molecular weight is 197 g/mol. The SMILES string of the molecule is CC=O.CNSc1ccc(C)cc1. The molecule has 1 N–H and O–H groups in total. The monoisotopic (exact) mass is 197 g/mol. The van der Waals surface area contributed by atoms with Gasteiger partial charge in [0.15, 0.2) is 0 Å². The number of aldehydes is 1. The maximum atomic E-state index is 8.81. The number of carbonyl (C=O) groups is 1. The van der Waals surface area contributed by atoms with Crippen LogP contribution >= 0.6 is 11.9 Å². The second-order valence-electron chi connectivity index (χ2n) is 2.35. The lowest BCUT2D eigenvalue weighted by atomic mass is 10.2. The Labute approximate surface area is 83.9 Å². The van der Waals surface area contributed by atoms with Crippen molar-refractivity contribution in [1.82, 2.24) is 4.72 Å². The number of hydrogen-bond acceptors (Lipinski definition) is 3. The summed E-state index contributed by atoms with van der Waals surface area (Å²) in [5, 5.41) is 0. The van der Waals surface area contributed by atoms with Gasteiger partial charge in [0.05, 0.1) is 0 Å². The highest BCUT2D eigenvalue weighted by Crippen LogP contribution is 2.13. The Balaban J connectivity index is 0.000000424. The van der Waals surface area contributed by atoms with Gasteiger partial charge in [0.1, 0.15) is 6.29 Å². The van der Waals surface area contributed by atoms with E-state index >= 15 is 0 Å². The summed E-state index contributed by atoms with van der Waals surface area (Å²) < 4.78 is 3.02. The molecule has 1 rings (SSSR count). The van der Waals surface area contributed by atoms with Crippen molar-refractivity contribution < 1.29 is 4.79 Å². The van der Waals surface area contributed by atoms with Gasteiger partial charge >= 0.3 is 0 Å². The van der Waals surface area contributed by atoms with Gasteiger partial charge in [0.25, 0.3) is 0 Å². The summed E-state index contributed by atoms with van der Waals surface area (Å²) in [7, 11) is 1.92. The van der Waals surface area contributed by atoms with E-state index in [-0.39, 0.29) is 0 Å². The van der Waals surface area contributed by atoms with E-state index in [4.69, 9.17) is 4.79 Å². The minimum absolute atomic E-state index is 0.750. The lowest BCUT2D eigenvalue weighted by molar-refractivity contribution is -0.106. The molecule has 0 aliphatic rings. The summed E-state index contributed by atoms with van der Waals surface area (Å²) in [6.45, 7) is 3.54. The predicted molar refractivity (Wildman–Crippen MR) is 57.8 cm³/mol. The minimum atomic E-state index is 0.750. The quantitative estimate of drug-likeness (QED) is 0.583.